The van der Waals surface area contributed by atoms with Gasteiger partial charge < -0.3 is 15.1 Å². The molecule has 1 saturated carbocycles. The zero-order valence-electron chi connectivity index (χ0n) is 11.9. The summed E-state index contributed by atoms with van der Waals surface area (Å²) in [6, 6.07) is 1.67. The third kappa shape index (κ3) is 3.53. The summed E-state index contributed by atoms with van der Waals surface area (Å²) < 4.78 is 1.58. The molecule has 0 unspecified atom stereocenters. The highest BCUT2D eigenvalue weighted by Gasteiger charge is 2.26. The molecule has 1 aliphatic carbocycles. The van der Waals surface area contributed by atoms with E-state index in [1.165, 1.54) is 18.4 Å². The molecule has 0 bridgehead atoms. The van der Waals surface area contributed by atoms with E-state index in [0.29, 0.717) is 18.9 Å². The third-order valence-electron chi connectivity index (χ3n) is 3.68. The van der Waals surface area contributed by atoms with Crippen molar-refractivity contribution in [1.82, 2.24) is 9.47 Å². The molecule has 1 fully saturated rings. The van der Waals surface area contributed by atoms with Gasteiger partial charge in [-0.3, -0.25) is 4.57 Å². The number of nitrogens with zero attached hydrogens (tertiary/aromatic N) is 2. The fraction of sp³-hybridized carbons (Fsp3) is 0.600. The average Bonchev–Trinajstić information content (AvgIpc) is 3.13. The summed E-state index contributed by atoms with van der Waals surface area (Å²) in [5.41, 5.74) is 1.96. The lowest BCUT2D eigenvalue weighted by atomic mass is 10.1. The van der Waals surface area contributed by atoms with Crippen LogP contribution in [0.5, 0.6) is 11.8 Å². The molecule has 0 aliphatic heterocycles. The summed E-state index contributed by atoms with van der Waals surface area (Å²) in [5, 5.41) is 20.1. The fourth-order valence-electron chi connectivity index (χ4n) is 2.36. The molecule has 2 rings (SSSR count). The van der Waals surface area contributed by atoms with Gasteiger partial charge in [0.1, 0.15) is 0 Å². The van der Waals surface area contributed by atoms with E-state index >= 15 is 0 Å². The van der Waals surface area contributed by atoms with Crippen molar-refractivity contribution in [1.29, 1.82) is 0 Å². The topological polar surface area (TPSA) is 48.6 Å². The number of hydrogen-bond donors (Lipinski definition) is 2. The molecule has 1 aliphatic rings. The standard InChI is InChI=1S/C15H24N2O2/c1-11(12-5-6-12)9-13-10-14(18)17(15(13)19)8-4-7-16(2)3/h10,12,18-19H,1,4-9H2,2-3H3. The third-order valence-corrected chi connectivity index (χ3v) is 3.68. The lowest BCUT2D eigenvalue weighted by Gasteiger charge is -2.11. The van der Waals surface area contributed by atoms with Gasteiger partial charge >= 0.3 is 0 Å². The molecule has 1 aromatic rings. The Kier molecular flexibility index (Phi) is 4.20. The molecule has 0 amide bonds. The molecule has 0 atom stereocenters. The lowest BCUT2D eigenvalue weighted by molar-refractivity contribution is 0.339. The maximum atomic E-state index is 10.2. The number of allylic oxidation sites excluding steroid dienone is 1. The molecule has 0 radical (unpaired) electrons. The summed E-state index contributed by atoms with van der Waals surface area (Å²) in [5.74, 6) is 0.964. The van der Waals surface area contributed by atoms with Crippen molar-refractivity contribution in [2.24, 2.45) is 5.92 Å². The van der Waals surface area contributed by atoms with Crippen LogP contribution in [0.1, 0.15) is 24.8 Å². The van der Waals surface area contributed by atoms with Crippen LogP contribution in [-0.4, -0.2) is 40.3 Å². The van der Waals surface area contributed by atoms with Crippen molar-refractivity contribution in [2.45, 2.75) is 32.2 Å². The largest absolute Gasteiger partial charge is 0.494 e. The summed E-state index contributed by atoms with van der Waals surface area (Å²) in [4.78, 5) is 2.09. The van der Waals surface area contributed by atoms with E-state index in [9.17, 15) is 10.2 Å². The zero-order valence-corrected chi connectivity index (χ0v) is 11.9. The predicted octanol–water partition coefficient (Wildman–Crippen LogP) is 2.36. The smallest absolute Gasteiger partial charge is 0.197 e. The Morgan fingerprint density at radius 1 is 1.42 bits per heavy atom. The second-order valence-electron chi connectivity index (χ2n) is 5.77. The SMILES string of the molecule is C=C(Cc1cc(O)n(CCCN(C)C)c1O)C1CC1. The van der Waals surface area contributed by atoms with E-state index in [1.807, 2.05) is 14.1 Å². The van der Waals surface area contributed by atoms with E-state index < -0.39 is 0 Å². The number of rotatable bonds is 7. The minimum atomic E-state index is 0.148. The van der Waals surface area contributed by atoms with E-state index in [0.717, 1.165) is 18.5 Å². The first-order valence-electron chi connectivity index (χ1n) is 6.91. The number of hydrogen-bond acceptors (Lipinski definition) is 3. The molecule has 1 heterocycles. The van der Waals surface area contributed by atoms with Crippen LogP contribution in [0.15, 0.2) is 18.2 Å². The van der Waals surface area contributed by atoms with Crippen molar-refractivity contribution in [3.05, 3.63) is 23.8 Å². The van der Waals surface area contributed by atoms with Gasteiger partial charge in [0.05, 0.1) is 0 Å². The quantitative estimate of drug-likeness (QED) is 0.743. The number of aromatic hydroxyl groups is 2. The van der Waals surface area contributed by atoms with Crippen LogP contribution in [0.25, 0.3) is 0 Å². The van der Waals surface area contributed by atoms with Crippen LogP contribution in [0.4, 0.5) is 0 Å². The van der Waals surface area contributed by atoms with E-state index in [4.69, 9.17) is 0 Å². The van der Waals surface area contributed by atoms with Crippen molar-refractivity contribution in [2.75, 3.05) is 20.6 Å². The molecule has 0 aromatic carbocycles. The van der Waals surface area contributed by atoms with Crippen LogP contribution in [-0.2, 0) is 13.0 Å². The average molecular weight is 264 g/mol. The molecule has 0 saturated heterocycles. The number of aromatic nitrogens is 1. The van der Waals surface area contributed by atoms with Crippen molar-refractivity contribution in [3.8, 4) is 11.8 Å². The van der Waals surface area contributed by atoms with Gasteiger partial charge in [-0.15, -0.1) is 0 Å². The molecule has 0 spiro atoms. The van der Waals surface area contributed by atoms with Gasteiger partial charge in [-0.05, 0) is 52.2 Å². The Labute approximate surface area is 115 Å². The van der Waals surface area contributed by atoms with Gasteiger partial charge in [0.2, 0.25) is 0 Å². The van der Waals surface area contributed by atoms with Crippen LogP contribution >= 0.6 is 0 Å². The maximum Gasteiger partial charge on any atom is 0.197 e. The van der Waals surface area contributed by atoms with Crippen molar-refractivity contribution < 1.29 is 10.2 Å². The maximum absolute atomic E-state index is 10.2. The molecule has 4 nitrogen and oxygen atoms in total. The summed E-state index contributed by atoms with van der Waals surface area (Å²) in [7, 11) is 4.03. The first-order chi connectivity index (χ1) is 8.99. The van der Waals surface area contributed by atoms with Gasteiger partial charge in [0.25, 0.3) is 0 Å². The Morgan fingerprint density at radius 2 is 2.11 bits per heavy atom. The minimum absolute atomic E-state index is 0.148. The fourth-order valence-corrected chi connectivity index (χ4v) is 2.36. The van der Waals surface area contributed by atoms with Crippen LogP contribution in [0.2, 0.25) is 0 Å². The summed E-state index contributed by atoms with van der Waals surface area (Å²) in [6.45, 7) is 5.63. The molecular weight excluding hydrogens is 240 g/mol. The van der Waals surface area contributed by atoms with Crippen LogP contribution in [0.3, 0.4) is 0 Å². The summed E-state index contributed by atoms with van der Waals surface area (Å²) in [6.07, 6.45) is 4.00. The van der Waals surface area contributed by atoms with Gasteiger partial charge in [-0.1, -0.05) is 12.2 Å². The van der Waals surface area contributed by atoms with Gasteiger partial charge in [0.15, 0.2) is 11.8 Å². The second kappa shape index (κ2) is 5.70. The van der Waals surface area contributed by atoms with Crippen LogP contribution in [0, 0.1) is 5.92 Å². The molecule has 4 heteroatoms. The monoisotopic (exact) mass is 264 g/mol. The van der Waals surface area contributed by atoms with Gasteiger partial charge in [-0.2, -0.15) is 0 Å². The Bertz CT molecular complexity index is 459. The van der Waals surface area contributed by atoms with Crippen molar-refractivity contribution in [3.63, 3.8) is 0 Å². The zero-order chi connectivity index (χ0) is 14.0. The van der Waals surface area contributed by atoms with Gasteiger partial charge in [-0.25, -0.2) is 0 Å². The van der Waals surface area contributed by atoms with E-state index in [-0.39, 0.29) is 11.8 Å². The van der Waals surface area contributed by atoms with E-state index in [1.54, 1.807) is 10.6 Å². The Balaban J connectivity index is 1.99. The normalized spacial score (nSPS) is 15.1. The molecule has 106 valence electrons. The highest BCUT2D eigenvalue weighted by Crippen LogP contribution is 2.39. The molecule has 2 N–H and O–H groups in total. The lowest BCUT2D eigenvalue weighted by Crippen LogP contribution is -2.14. The highest BCUT2D eigenvalue weighted by molar-refractivity contribution is 5.38. The molecular formula is C15H24N2O2. The first-order valence-corrected chi connectivity index (χ1v) is 6.91. The first kappa shape index (κ1) is 14.0. The Hall–Kier alpha value is -1.42. The predicted molar refractivity (Wildman–Crippen MR) is 76.5 cm³/mol. The molecule has 1 aromatic heterocycles. The van der Waals surface area contributed by atoms with Crippen LogP contribution < -0.4 is 0 Å². The van der Waals surface area contributed by atoms with Crippen molar-refractivity contribution >= 4 is 0 Å². The second-order valence-corrected chi connectivity index (χ2v) is 5.77. The highest BCUT2D eigenvalue weighted by atomic mass is 16.3. The van der Waals surface area contributed by atoms with Gasteiger partial charge in [0, 0.05) is 18.2 Å². The van der Waals surface area contributed by atoms with E-state index in [2.05, 4.69) is 11.5 Å². The molecule has 19 heavy (non-hydrogen) atoms. The Morgan fingerprint density at radius 3 is 2.68 bits per heavy atom. The minimum Gasteiger partial charge on any atom is -0.494 e. The summed E-state index contributed by atoms with van der Waals surface area (Å²) >= 11 is 0.